The number of azo groups is 1. The second-order valence-electron chi connectivity index (χ2n) is 6.23. The number of benzene rings is 2. The Labute approximate surface area is 161 Å². The van der Waals surface area contributed by atoms with Crippen LogP contribution in [-0.2, 0) is 0 Å². The molecule has 2 rings (SSSR count). The zero-order chi connectivity index (χ0) is 19.2. The number of hydrogen-bond donors (Lipinski definition) is 2. The summed E-state index contributed by atoms with van der Waals surface area (Å²) in [4.78, 5) is 2.07. The van der Waals surface area contributed by atoms with Gasteiger partial charge < -0.3 is 14.9 Å². The van der Waals surface area contributed by atoms with Gasteiger partial charge in [0.2, 0.25) is 0 Å². The van der Waals surface area contributed by atoms with E-state index >= 15 is 0 Å². The number of rotatable bonds is 13. The third kappa shape index (κ3) is 8.77. The Kier molecular flexibility index (Phi) is 10.1. The quantitative estimate of drug-likeness (QED) is 0.413. The summed E-state index contributed by atoms with van der Waals surface area (Å²) < 4.78 is 5.76. The van der Waals surface area contributed by atoms with E-state index < -0.39 is 0 Å². The van der Waals surface area contributed by atoms with Crippen LogP contribution >= 0.6 is 0 Å². The lowest BCUT2D eigenvalue weighted by atomic mass is 10.2. The maximum atomic E-state index is 8.99. The van der Waals surface area contributed by atoms with Crippen molar-refractivity contribution in [3.63, 3.8) is 0 Å². The molecule has 0 saturated carbocycles. The standard InChI is InChI=1S/C21H29N3O3/c25-16-14-24(15-17-26)13-5-2-6-18-27-21-11-9-20(10-12-21)23-22-19-7-3-1-4-8-19/h1,3-4,7-12,25-26H,2,5-6,13-18H2. The van der Waals surface area contributed by atoms with Crippen molar-refractivity contribution < 1.29 is 14.9 Å². The van der Waals surface area contributed by atoms with Gasteiger partial charge in [0.05, 0.1) is 31.2 Å². The minimum Gasteiger partial charge on any atom is -0.494 e. The summed E-state index contributed by atoms with van der Waals surface area (Å²) in [5, 5.41) is 26.4. The van der Waals surface area contributed by atoms with Crippen molar-refractivity contribution in [2.24, 2.45) is 10.2 Å². The SMILES string of the molecule is OCCN(CCO)CCCCCOc1ccc(N=Nc2ccccc2)cc1. The van der Waals surface area contributed by atoms with Crippen molar-refractivity contribution >= 4 is 11.4 Å². The smallest absolute Gasteiger partial charge is 0.119 e. The largest absolute Gasteiger partial charge is 0.494 e. The molecule has 6 heteroatoms. The molecule has 0 fully saturated rings. The number of ether oxygens (including phenoxy) is 1. The number of aliphatic hydroxyl groups excluding tert-OH is 2. The summed E-state index contributed by atoms with van der Waals surface area (Å²) >= 11 is 0. The molecule has 0 amide bonds. The highest BCUT2D eigenvalue weighted by Crippen LogP contribution is 2.21. The fourth-order valence-corrected chi connectivity index (χ4v) is 2.64. The molecule has 0 aliphatic heterocycles. The van der Waals surface area contributed by atoms with Crippen LogP contribution in [0.5, 0.6) is 5.75 Å². The Bertz CT molecular complexity index is 641. The summed E-state index contributed by atoms with van der Waals surface area (Å²) in [6.07, 6.45) is 3.06. The van der Waals surface area contributed by atoms with Crippen molar-refractivity contribution in [2.75, 3.05) is 39.5 Å². The maximum Gasteiger partial charge on any atom is 0.119 e. The lowest BCUT2D eigenvalue weighted by molar-refractivity contribution is 0.158. The van der Waals surface area contributed by atoms with Crippen LogP contribution in [0.15, 0.2) is 64.8 Å². The third-order valence-electron chi connectivity index (χ3n) is 4.09. The van der Waals surface area contributed by atoms with Crippen molar-refractivity contribution in [1.82, 2.24) is 4.90 Å². The Morgan fingerprint density at radius 1 is 0.704 bits per heavy atom. The van der Waals surface area contributed by atoms with Crippen molar-refractivity contribution in [2.45, 2.75) is 19.3 Å². The first-order valence-electron chi connectivity index (χ1n) is 9.45. The van der Waals surface area contributed by atoms with Gasteiger partial charge in [-0.3, -0.25) is 4.90 Å². The second-order valence-corrected chi connectivity index (χ2v) is 6.23. The van der Waals surface area contributed by atoms with E-state index in [-0.39, 0.29) is 13.2 Å². The molecule has 0 radical (unpaired) electrons. The molecule has 27 heavy (non-hydrogen) atoms. The van der Waals surface area contributed by atoms with Crippen LogP contribution < -0.4 is 4.74 Å². The van der Waals surface area contributed by atoms with E-state index in [1.807, 2.05) is 54.6 Å². The van der Waals surface area contributed by atoms with Crippen molar-refractivity contribution in [1.29, 1.82) is 0 Å². The van der Waals surface area contributed by atoms with E-state index in [4.69, 9.17) is 14.9 Å². The minimum atomic E-state index is 0.129. The lowest BCUT2D eigenvalue weighted by Crippen LogP contribution is -2.30. The zero-order valence-electron chi connectivity index (χ0n) is 15.7. The summed E-state index contributed by atoms with van der Waals surface area (Å²) in [5.74, 6) is 0.829. The van der Waals surface area contributed by atoms with Gasteiger partial charge in [-0.2, -0.15) is 10.2 Å². The molecular weight excluding hydrogens is 342 g/mol. The molecule has 0 aromatic heterocycles. The average Bonchev–Trinajstić information content (AvgIpc) is 2.71. The van der Waals surface area contributed by atoms with Crippen LogP contribution in [0.25, 0.3) is 0 Å². The Hall–Kier alpha value is -2.28. The molecule has 0 unspecified atom stereocenters. The summed E-state index contributed by atoms with van der Waals surface area (Å²) in [7, 11) is 0. The van der Waals surface area contributed by atoms with E-state index in [2.05, 4.69) is 15.1 Å². The summed E-state index contributed by atoms with van der Waals surface area (Å²) in [6, 6.07) is 17.2. The predicted octanol–water partition coefficient (Wildman–Crippen LogP) is 3.94. The molecule has 2 N–H and O–H groups in total. The van der Waals surface area contributed by atoms with Crippen molar-refractivity contribution in [3.8, 4) is 5.75 Å². The number of nitrogens with zero attached hydrogens (tertiary/aromatic N) is 3. The lowest BCUT2D eigenvalue weighted by Gasteiger charge is -2.19. The molecular formula is C21H29N3O3. The first-order valence-corrected chi connectivity index (χ1v) is 9.45. The highest BCUT2D eigenvalue weighted by atomic mass is 16.5. The predicted molar refractivity (Wildman–Crippen MR) is 107 cm³/mol. The number of unbranched alkanes of at least 4 members (excludes halogenated alkanes) is 2. The highest BCUT2D eigenvalue weighted by Gasteiger charge is 2.03. The van der Waals surface area contributed by atoms with Gasteiger partial charge in [0.1, 0.15) is 5.75 Å². The first kappa shape index (κ1) is 21.0. The third-order valence-corrected chi connectivity index (χ3v) is 4.09. The Morgan fingerprint density at radius 2 is 1.33 bits per heavy atom. The minimum absolute atomic E-state index is 0.129. The summed E-state index contributed by atoms with van der Waals surface area (Å²) in [6.45, 7) is 3.05. The van der Waals surface area contributed by atoms with Crippen molar-refractivity contribution in [3.05, 3.63) is 54.6 Å². The molecule has 2 aromatic carbocycles. The van der Waals surface area contributed by atoms with Crippen LogP contribution in [0.1, 0.15) is 19.3 Å². The molecule has 146 valence electrons. The molecule has 0 heterocycles. The zero-order valence-corrected chi connectivity index (χ0v) is 15.7. The fraction of sp³-hybridized carbons (Fsp3) is 0.429. The van der Waals surface area contributed by atoms with Crippen LogP contribution in [0.4, 0.5) is 11.4 Å². The average molecular weight is 371 g/mol. The van der Waals surface area contributed by atoms with Gasteiger partial charge in [0.15, 0.2) is 0 Å². The van der Waals surface area contributed by atoms with Crippen LogP contribution in [-0.4, -0.2) is 54.6 Å². The topological polar surface area (TPSA) is 77.7 Å². The molecule has 0 spiro atoms. The molecule has 6 nitrogen and oxygen atoms in total. The number of aliphatic hydroxyl groups is 2. The summed E-state index contributed by atoms with van der Waals surface area (Å²) in [5.41, 5.74) is 1.62. The Morgan fingerprint density at radius 3 is 1.96 bits per heavy atom. The molecule has 2 aromatic rings. The normalized spacial score (nSPS) is 11.4. The van der Waals surface area contributed by atoms with E-state index in [1.165, 1.54) is 0 Å². The molecule has 0 aliphatic rings. The van der Waals surface area contributed by atoms with Gasteiger partial charge >= 0.3 is 0 Å². The maximum absolute atomic E-state index is 8.99. The van der Waals surface area contributed by atoms with E-state index in [0.29, 0.717) is 19.7 Å². The van der Waals surface area contributed by atoms with Gasteiger partial charge in [-0.25, -0.2) is 0 Å². The molecule has 0 bridgehead atoms. The van der Waals surface area contributed by atoms with Crippen LogP contribution in [0.2, 0.25) is 0 Å². The monoisotopic (exact) mass is 371 g/mol. The fourth-order valence-electron chi connectivity index (χ4n) is 2.64. The first-order chi connectivity index (χ1) is 13.3. The van der Waals surface area contributed by atoms with Crippen LogP contribution in [0.3, 0.4) is 0 Å². The molecule has 0 aliphatic carbocycles. The van der Waals surface area contributed by atoms with E-state index in [0.717, 1.165) is 42.9 Å². The van der Waals surface area contributed by atoms with E-state index in [1.54, 1.807) is 0 Å². The van der Waals surface area contributed by atoms with Gasteiger partial charge in [0.25, 0.3) is 0 Å². The second kappa shape index (κ2) is 13.0. The number of hydrogen-bond acceptors (Lipinski definition) is 6. The molecule has 0 saturated heterocycles. The molecule has 0 atom stereocenters. The van der Waals surface area contributed by atoms with Gasteiger partial charge in [-0.1, -0.05) is 18.2 Å². The van der Waals surface area contributed by atoms with Gasteiger partial charge in [-0.05, 0) is 62.2 Å². The Balaban J connectivity index is 1.63. The van der Waals surface area contributed by atoms with Gasteiger partial charge in [0, 0.05) is 13.1 Å². The van der Waals surface area contributed by atoms with E-state index in [9.17, 15) is 0 Å². The highest BCUT2D eigenvalue weighted by molar-refractivity contribution is 5.42. The van der Waals surface area contributed by atoms with Gasteiger partial charge in [-0.15, -0.1) is 0 Å². The van der Waals surface area contributed by atoms with Crippen LogP contribution in [0, 0.1) is 0 Å².